The number of piperidine rings is 2. The van der Waals surface area contributed by atoms with Gasteiger partial charge in [0.1, 0.15) is 6.04 Å². The van der Waals surface area contributed by atoms with Crippen LogP contribution in [0.1, 0.15) is 46.0 Å². The predicted octanol–water partition coefficient (Wildman–Crippen LogP) is 2.17. The molecule has 2 rings (SSSR count). The molecule has 2 aliphatic rings. The Morgan fingerprint density at radius 3 is 2.47 bits per heavy atom. The highest BCUT2D eigenvalue weighted by Crippen LogP contribution is 2.25. The summed E-state index contributed by atoms with van der Waals surface area (Å²) in [6.07, 6.45) is 4.55. The van der Waals surface area contributed by atoms with Crippen molar-refractivity contribution in [3.8, 4) is 0 Å². The number of nitrogens with zero attached hydrogens (tertiary/aromatic N) is 2. The summed E-state index contributed by atoms with van der Waals surface area (Å²) >= 11 is 0. The lowest BCUT2D eigenvalue weighted by atomic mass is 9.95. The lowest BCUT2D eigenvalue weighted by molar-refractivity contribution is -0.143. The zero-order chi connectivity index (χ0) is 14.0. The Hall–Kier alpha value is -1.26. The van der Waals surface area contributed by atoms with Crippen molar-refractivity contribution in [3.05, 3.63) is 0 Å². The second kappa shape index (κ2) is 5.80. The minimum absolute atomic E-state index is 0.0776. The molecular formula is C14H24N2O3. The fourth-order valence-corrected chi connectivity index (χ4v) is 3.14. The van der Waals surface area contributed by atoms with Gasteiger partial charge < -0.3 is 14.9 Å². The molecule has 2 amide bonds. The molecule has 0 saturated carbocycles. The van der Waals surface area contributed by atoms with Gasteiger partial charge in [0.05, 0.1) is 0 Å². The molecule has 0 radical (unpaired) electrons. The maximum atomic E-state index is 12.6. The minimum atomic E-state index is -0.870. The number of hydrogen-bond donors (Lipinski definition) is 1. The second-order valence-corrected chi connectivity index (χ2v) is 6.01. The van der Waals surface area contributed by atoms with Gasteiger partial charge in [-0.05, 0) is 44.9 Å². The Morgan fingerprint density at radius 2 is 1.79 bits per heavy atom. The molecule has 0 aromatic rings. The normalized spacial score (nSPS) is 32.2. The van der Waals surface area contributed by atoms with E-state index in [-0.39, 0.29) is 12.1 Å². The highest BCUT2D eigenvalue weighted by Gasteiger charge is 2.37. The zero-order valence-electron chi connectivity index (χ0n) is 11.8. The Labute approximate surface area is 114 Å². The molecular weight excluding hydrogens is 244 g/mol. The van der Waals surface area contributed by atoms with Crippen LogP contribution in [0.5, 0.6) is 0 Å². The number of rotatable bonds is 1. The average Bonchev–Trinajstić information content (AvgIpc) is 2.40. The van der Waals surface area contributed by atoms with Gasteiger partial charge in [0.15, 0.2) is 0 Å². The van der Waals surface area contributed by atoms with Gasteiger partial charge in [0, 0.05) is 19.1 Å². The number of carbonyl (C=O) groups excluding carboxylic acids is 1. The monoisotopic (exact) mass is 268 g/mol. The summed E-state index contributed by atoms with van der Waals surface area (Å²) in [6, 6.07) is -0.489. The summed E-state index contributed by atoms with van der Waals surface area (Å²) in [6.45, 7) is 5.54. The molecule has 3 unspecified atom stereocenters. The van der Waals surface area contributed by atoms with Crippen LogP contribution in [0.25, 0.3) is 0 Å². The number of aliphatic carboxylic acids is 1. The molecule has 2 aliphatic heterocycles. The van der Waals surface area contributed by atoms with Crippen molar-refractivity contribution in [3.63, 3.8) is 0 Å². The van der Waals surface area contributed by atoms with Gasteiger partial charge >= 0.3 is 12.0 Å². The molecule has 3 atom stereocenters. The summed E-state index contributed by atoms with van der Waals surface area (Å²) in [5.41, 5.74) is 0. The van der Waals surface area contributed by atoms with Gasteiger partial charge in [-0.25, -0.2) is 9.59 Å². The van der Waals surface area contributed by atoms with Crippen LogP contribution < -0.4 is 0 Å². The van der Waals surface area contributed by atoms with E-state index in [0.717, 1.165) is 32.2 Å². The summed E-state index contributed by atoms with van der Waals surface area (Å²) in [7, 11) is 0. The van der Waals surface area contributed by atoms with Crippen LogP contribution >= 0.6 is 0 Å². The first-order valence-electron chi connectivity index (χ1n) is 7.30. The molecule has 2 heterocycles. The van der Waals surface area contributed by atoms with Crippen molar-refractivity contribution in [1.29, 1.82) is 0 Å². The Morgan fingerprint density at radius 1 is 1.05 bits per heavy atom. The van der Waals surface area contributed by atoms with Gasteiger partial charge in [-0.2, -0.15) is 0 Å². The van der Waals surface area contributed by atoms with E-state index in [1.807, 2.05) is 4.90 Å². The van der Waals surface area contributed by atoms with E-state index in [2.05, 4.69) is 13.8 Å². The topological polar surface area (TPSA) is 60.9 Å². The Balaban J connectivity index is 2.10. The fraction of sp³-hybridized carbons (Fsp3) is 0.857. The Kier molecular flexibility index (Phi) is 4.32. The van der Waals surface area contributed by atoms with Crippen LogP contribution in [0.15, 0.2) is 0 Å². The molecule has 0 aliphatic carbocycles. The maximum absolute atomic E-state index is 12.6. The van der Waals surface area contributed by atoms with E-state index >= 15 is 0 Å². The minimum Gasteiger partial charge on any atom is -0.480 e. The Bertz CT molecular complexity index is 359. The van der Waals surface area contributed by atoms with Crippen LogP contribution in [0.2, 0.25) is 0 Å². The van der Waals surface area contributed by atoms with E-state index in [9.17, 15) is 14.7 Å². The molecule has 0 aromatic heterocycles. The van der Waals surface area contributed by atoms with Gasteiger partial charge in [-0.15, -0.1) is 0 Å². The smallest absolute Gasteiger partial charge is 0.326 e. The summed E-state index contributed by atoms with van der Waals surface area (Å²) in [4.78, 5) is 27.3. The third-order valence-corrected chi connectivity index (χ3v) is 4.40. The molecule has 0 aromatic carbocycles. The summed E-state index contributed by atoms with van der Waals surface area (Å²) in [5, 5.41) is 9.26. The van der Waals surface area contributed by atoms with Crippen LogP contribution in [-0.2, 0) is 4.79 Å². The third kappa shape index (κ3) is 3.01. The molecule has 0 spiro atoms. The molecule has 108 valence electrons. The lowest BCUT2D eigenvalue weighted by Gasteiger charge is -2.42. The second-order valence-electron chi connectivity index (χ2n) is 6.01. The first kappa shape index (κ1) is 14.2. The largest absolute Gasteiger partial charge is 0.480 e. The first-order valence-corrected chi connectivity index (χ1v) is 7.30. The molecule has 19 heavy (non-hydrogen) atoms. The summed E-state index contributed by atoms with van der Waals surface area (Å²) < 4.78 is 0. The van der Waals surface area contributed by atoms with Gasteiger partial charge in [-0.1, -0.05) is 6.92 Å². The van der Waals surface area contributed by atoms with E-state index in [1.165, 1.54) is 0 Å². The van der Waals surface area contributed by atoms with E-state index < -0.39 is 12.0 Å². The van der Waals surface area contributed by atoms with Crippen molar-refractivity contribution in [2.75, 3.05) is 13.1 Å². The van der Waals surface area contributed by atoms with E-state index in [0.29, 0.717) is 18.9 Å². The molecule has 1 N–H and O–H groups in total. The van der Waals surface area contributed by atoms with Crippen molar-refractivity contribution in [2.24, 2.45) is 5.92 Å². The van der Waals surface area contributed by atoms with Crippen LogP contribution in [0.3, 0.4) is 0 Å². The molecule has 2 saturated heterocycles. The third-order valence-electron chi connectivity index (χ3n) is 4.40. The number of amides is 2. The summed E-state index contributed by atoms with van der Waals surface area (Å²) in [5.74, 6) is -0.362. The average molecular weight is 268 g/mol. The fourth-order valence-electron chi connectivity index (χ4n) is 3.14. The van der Waals surface area contributed by atoms with Crippen molar-refractivity contribution >= 4 is 12.0 Å². The van der Waals surface area contributed by atoms with E-state index in [4.69, 9.17) is 0 Å². The van der Waals surface area contributed by atoms with Gasteiger partial charge in [0.2, 0.25) is 0 Å². The van der Waals surface area contributed by atoms with Crippen LogP contribution in [-0.4, -0.2) is 52.1 Å². The van der Waals surface area contributed by atoms with Crippen molar-refractivity contribution < 1.29 is 14.7 Å². The molecule has 5 heteroatoms. The van der Waals surface area contributed by atoms with Crippen LogP contribution in [0, 0.1) is 5.92 Å². The molecule has 0 bridgehead atoms. The highest BCUT2D eigenvalue weighted by atomic mass is 16.4. The van der Waals surface area contributed by atoms with E-state index in [1.54, 1.807) is 4.90 Å². The number of carboxylic acids is 1. The number of carbonyl (C=O) groups is 2. The first-order chi connectivity index (χ1) is 9.00. The predicted molar refractivity (Wildman–Crippen MR) is 71.9 cm³/mol. The highest BCUT2D eigenvalue weighted by molar-refractivity contribution is 5.83. The van der Waals surface area contributed by atoms with Gasteiger partial charge in [-0.3, -0.25) is 0 Å². The maximum Gasteiger partial charge on any atom is 0.326 e. The standard InChI is InChI=1S/C14H24N2O3/c1-10-6-7-11(2)16(9-10)14(19)15-8-4-3-5-12(15)13(17)18/h10-12H,3-9H2,1-2H3,(H,17,18). The quantitative estimate of drug-likeness (QED) is 0.792. The number of carboxylic acid groups (broad SMARTS) is 1. The number of likely N-dealkylation sites (tertiary alicyclic amines) is 2. The lowest BCUT2D eigenvalue weighted by Crippen LogP contribution is -2.56. The molecule has 2 fully saturated rings. The SMILES string of the molecule is CC1CCC(C)N(C(=O)N2CCCCC2C(=O)O)C1. The number of urea groups is 1. The van der Waals surface area contributed by atoms with Crippen molar-refractivity contribution in [2.45, 2.75) is 58.0 Å². The number of hydrogen-bond acceptors (Lipinski definition) is 2. The van der Waals surface area contributed by atoms with Crippen molar-refractivity contribution in [1.82, 2.24) is 9.80 Å². The molecule has 5 nitrogen and oxygen atoms in total. The zero-order valence-corrected chi connectivity index (χ0v) is 11.8. The van der Waals surface area contributed by atoms with Crippen LogP contribution in [0.4, 0.5) is 4.79 Å². The van der Waals surface area contributed by atoms with Gasteiger partial charge in [0.25, 0.3) is 0 Å².